The molecule has 130 valence electrons. The van der Waals surface area contributed by atoms with Crippen LogP contribution in [0.3, 0.4) is 0 Å². The third kappa shape index (κ3) is 4.21. The highest BCUT2D eigenvalue weighted by atomic mass is 35.5. The summed E-state index contributed by atoms with van der Waals surface area (Å²) in [6.45, 7) is 6.00. The third-order valence-corrected chi connectivity index (χ3v) is 4.59. The average Bonchev–Trinajstić information content (AvgIpc) is 2.55. The van der Waals surface area contributed by atoms with Crippen LogP contribution in [0.15, 0.2) is 18.2 Å². The van der Waals surface area contributed by atoms with Crippen LogP contribution in [-0.4, -0.2) is 53.9 Å². The van der Waals surface area contributed by atoms with E-state index >= 15 is 0 Å². The summed E-state index contributed by atoms with van der Waals surface area (Å²) in [5, 5.41) is 13.5. The van der Waals surface area contributed by atoms with Crippen molar-refractivity contribution in [2.45, 2.75) is 19.9 Å². The molecule has 2 rings (SSSR count). The normalized spacial score (nSPS) is 16.5. The molecule has 24 heavy (non-hydrogen) atoms. The van der Waals surface area contributed by atoms with Gasteiger partial charge in [-0.1, -0.05) is 11.6 Å². The van der Waals surface area contributed by atoms with Crippen molar-refractivity contribution in [2.75, 3.05) is 31.5 Å². The number of hydrogen-bond donors (Lipinski definition) is 2. The third-order valence-electron chi connectivity index (χ3n) is 4.28. The van der Waals surface area contributed by atoms with Gasteiger partial charge in [0.15, 0.2) is 6.04 Å². The highest BCUT2D eigenvalue weighted by Crippen LogP contribution is 2.26. The molecule has 1 aromatic carbocycles. The smallest absolute Gasteiger partial charge is 0.282 e. The molecule has 0 bridgehead atoms. The minimum atomic E-state index is -0.543. The lowest BCUT2D eigenvalue weighted by atomic mass is 10.2. The van der Waals surface area contributed by atoms with Crippen molar-refractivity contribution in [3.05, 3.63) is 33.3 Å². The largest absolute Gasteiger partial charge is 0.332 e. The molecule has 0 aromatic heterocycles. The number of halogens is 1. The number of rotatable bonds is 4. The molecular formula is C15H20ClN4O4+. The van der Waals surface area contributed by atoms with Crippen molar-refractivity contribution >= 4 is 34.8 Å². The van der Waals surface area contributed by atoms with E-state index in [-0.39, 0.29) is 28.6 Å². The van der Waals surface area contributed by atoms with Crippen molar-refractivity contribution in [1.82, 2.24) is 4.90 Å². The summed E-state index contributed by atoms with van der Waals surface area (Å²) < 4.78 is 0. The number of benzene rings is 1. The molecule has 9 heteroatoms. The van der Waals surface area contributed by atoms with Crippen molar-refractivity contribution in [1.29, 1.82) is 0 Å². The fourth-order valence-electron chi connectivity index (χ4n) is 2.69. The maximum absolute atomic E-state index is 12.4. The van der Waals surface area contributed by atoms with Gasteiger partial charge in [-0.3, -0.25) is 19.7 Å². The summed E-state index contributed by atoms with van der Waals surface area (Å²) >= 11 is 5.99. The summed E-state index contributed by atoms with van der Waals surface area (Å²) in [5.74, 6) is -0.166. The van der Waals surface area contributed by atoms with E-state index in [1.165, 1.54) is 25.1 Å². The molecule has 1 atom stereocenters. The first kappa shape index (κ1) is 18.2. The number of anilines is 1. The Morgan fingerprint density at radius 1 is 1.38 bits per heavy atom. The van der Waals surface area contributed by atoms with Gasteiger partial charge in [-0.15, -0.1) is 0 Å². The average molecular weight is 356 g/mol. The first-order valence-corrected chi connectivity index (χ1v) is 8.02. The van der Waals surface area contributed by atoms with Gasteiger partial charge in [-0.25, -0.2) is 0 Å². The number of nitrogens with zero attached hydrogens (tertiary/aromatic N) is 2. The molecule has 1 aromatic rings. The molecule has 0 saturated carbocycles. The number of quaternary nitrogens is 1. The van der Waals surface area contributed by atoms with Crippen LogP contribution in [0.25, 0.3) is 0 Å². The first-order chi connectivity index (χ1) is 11.3. The standard InChI is InChI=1S/C15H19ClN4O4/c1-10(18-5-7-19(8-6-18)11(2)21)15(22)17-14-4-3-12(20(23)24)9-13(14)16/h3-4,9-10H,5-8H2,1-2H3,(H,17,22)/p+1/t10-/m1/s1. The fourth-order valence-corrected chi connectivity index (χ4v) is 2.91. The van der Waals surface area contributed by atoms with Gasteiger partial charge < -0.3 is 15.1 Å². The second-order valence-electron chi connectivity index (χ2n) is 5.80. The van der Waals surface area contributed by atoms with E-state index in [9.17, 15) is 19.7 Å². The van der Waals surface area contributed by atoms with E-state index in [1.807, 2.05) is 6.92 Å². The van der Waals surface area contributed by atoms with Gasteiger partial charge in [0.1, 0.15) is 0 Å². The quantitative estimate of drug-likeness (QED) is 0.600. The highest BCUT2D eigenvalue weighted by molar-refractivity contribution is 6.34. The number of hydrogen-bond acceptors (Lipinski definition) is 4. The van der Waals surface area contributed by atoms with Crippen LogP contribution in [0, 0.1) is 10.1 Å². The zero-order valence-corrected chi connectivity index (χ0v) is 14.3. The lowest BCUT2D eigenvalue weighted by Gasteiger charge is -2.34. The van der Waals surface area contributed by atoms with Gasteiger partial charge in [-0.2, -0.15) is 0 Å². The van der Waals surface area contributed by atoms with Crippen LogP contribution >= 0.6 is 11.6 Å². The molecule has 8 nitrogen and oxygen atoms in total. The Hall–Kier alpha value is -2.19. The van der Waals surface area contributed by atoms with E-state index in [1.54, 1.807) is 4.90 Å². The zero-order chi connectivity index (χ0) is 17.9. The molecule has 2 amide bonds. The van der Waals surface area contributed by atoms with E-state index in [0.717, 1.165) is 4.90 Å². The maximum atomic E-state index is 12.4. The molecule has 1 fully saturated rings. The maximum Gasteiger partial charge on any atom is 0.282 e. The minimum Gasteiger partial charge on any atom is -0.332 e. The van der Waals surface area contributed by atoms with Crippen molar-refractivity contribution in [3.8, 4) is 0 Å². The Balaban J connectivity index is 1.97. The van der Waals surface area contributed by atoms with Gasteiger partial charge in [0.25, 0.3) is 11.6 Å². The van der Waals surface area contributed by atoms with Gasteiger partial charge in [0.2, 0.25) is 5.91 Å². The predicted octanol–water partition coefficient (Wildman–Crippen LogP) is 0.322. The van der Waals surface area contributed by atoms with E-state index in [0.29, 0.717) is 31.9 Å². The SMILES string of the molecule is CC(=O)N1CC[NH+]([C@H](C)C(=O)Nc2ccc([N+](=O)[O-])cc2Cl)CC1. The Morgan fingerprint density at radius 2 is 2.00 bits per heavy atom. The number of non-ortho nitro benzene ring substituents is 1. The number of amides is 2. The summed E-state index contributed by atoms with van der Waals surface area (Å²) in [6, 6.07) is 3.62. The zero-order valence-electron chi connectivity index (χ0n) is 13.5. The van der Waals surface area contributed by atoms with Crippen LogP contribution in [0.5, 0.6) is 0 Å². The van der Waals surface area contributed by atoms with Gasteiger partial charge in [0, 0.05) is 19.1 Å². The second kappa shape index (κ2) is 7.59. The highest BCUT2D eigenvalue weighted by Gasteiger charge is 2.30. The van der Waals surface area contributed by atoms with Crippen LogP contribution in [0.1, 0.15) is 13.8 Å². The summed E-state index contributed by atoms with van der Waals surface area (Å²) in [4.78, 5) is 36.7. The molecule has 1 aliphatic heterocycles. The van der Waals surface area contributed by atoms with Crippen LogP contribution in [-0.2, 0) is 9.59 Å². The summed E-state index contributed by atoms with van der Waals surface area (Å²) in [7, 11) is 0. The molecule has 0 aliphatic carbocycles. The van der Waals surface area contributed by atoms with Crippen LogP contribution in [0.4, 0.5) is 11.4 Å². The minimum absolute atomic E-state index is 0.0452. The lowest BCUT2D eigenvalue weighted by Crippen LogP contribution is -3.19. The molecule has 2 N–H and O–H groups in total. The summed E-state index contributed by atoms with van der Waals surface area (Å²) in [6.07, 6.45) is 0. The van der Waals surface area contributed by atoms with Crippen LogP contribution in [0.2, 0.25) is 5.02 Å². The number of nitro benzene ring substituents is 1. The first-order valence-electron chi connectivity index (χ1n) is 7.64. The Labute approximate surface area is 144 Å². The number of nitrogens with one attached hydrogen (secondary N) is 2. The molecule has 0 unspecified atom stereocenters. The molecule has 1 saturated heterocycles. The number of nitro groups is 1. The lowest BCUT2D eigenvalue weighted by molar-refractivity contribution is -0.917. The predicted molar refractivity (Wildman–Crippen MR) is 89.1 cm³/mol. The number of piperazine rings is 1. The van der Waals surface area contributed by atoms with Crippen molar-refractivity contribution < 1.29 is 19.4 Å². The van der Waals surface area contributed by atoms with Crippen LogP contribution < -0.4 is 10.2 Å². The second-order valence-corrected chi connectivity index (χ2v) is 6.20. The van der Waals surface area contributed by atoms with Crippen molar-refractivity contribution in [2.24, 2.45) is 0 Å². The molecule has 1 aliphatic rings. The van der Waals surface area contributed by atoms with Gasteiger partial charge in [-0.05, 0) is 13.0 Å². The molecule has 0 radical (unpaired) electrons. The van der Waals surface area contributed by atoms with Gasteiger partial charge >= 0.3 is 0 Å². The Kier molecular flexibility index (Phi) is 5.74. The topological polar surface area (TPSA) is 97.0 Å². The Morgan fingerprint density at radius 3 is 2.50 bits per heavy atom. The molecular weight excluding hydrogens is 336 g/mol. The van der Waals surface area contributed by atoms with E-state index in [2.05, 4.69) is 5.32 Å². The van der Waals surface area contributed by atoms with E-state index in [4.69, 9.17) is 11.6 Å². The fraction of sp³-hybridized carbons (Fsp3) is 0.467. The van der Waals surface area contributed by atoms with Gasteiger partial charge in [0.05, 0.1) is 41.8 Å². The Bertz CT molecular complexity index is 659. The molecule has 0 spiro atoms. The number of carbonyl (C=O) groups excluding carboxylic acids is 2. The monoisotopic (exact) mass is 355 g/mol. The van der Waals surface area contributed by atoms with E-state index < -0.39 is 4.92 Å². The molecule has 1 heterocycles. The number of carbonyl (C=O) groups is 2. The summed E-state index contributed by atoms with van der Waals surface area (Å²) in [5.41, 5.74) is 0.220. The van der Waals surface area contributed by atoms with Crippen molar-refractivity contribution in [3.63, 3.8) is 0 Å².